The first kappa shape index (κ1) is 23.1. The molecule has 0 aromatic heterocycles. The van der Waals surface area contributed by atoms with E-state index in [-0.39, 0.29) is 0 Å². The fourth-order valence-electron chi connectivity index (χ4n) is 6.09. The zero-order chi connectivity index (χ0) is 22.2. The van der Waals surface area contributed by atoms with Gasteiger partial charge in [0.25, 0.3) is 0 Å². The van der Waals surface area contributed by atoms with Crippen LogP contribution >= 0.6 is 0 Å². The molecule has 0 heterocycles. The van der Waals surface area contributed by atoms with Gasteiger partial charge in [0.2, 0.25) is 0 Å². The van der Waals surface area contributed by atoms with Crippen molar-refractivity contribution < 1.29 is 0 Å². The number of benzene rings is 2. The summed E-state index contributed by atoms with van der Waals surface area (Å²) in [5, 5.41) is 0. The highest BCUT2D eigenvalue weighted by Crippen LogP contribution is 2.41. The van der Waals surface area contributed by atoms with Crippen LogP contribution in [0.3, 0.4) is 0 Å². The van der Waals surface area contributed by atoms with E-state index in [1.807, 2.05) is 0 Å². The van der Waals surface area contributed by atoms with Crippen LogP contribution in [0.25, 0.3) is 11.1 Å². The Morgan fingerprint density at radius 2 is 1.44 bits per heavy atom. The molecule has 0 N–H and O–H groups in total. The summed E-state index contributed by atoms with van der Waals surface area (Å²) in [6, 6.07) is 16.5. The van der Waals surface area contributed by atoms with Crippen LogP contribution in [0.4, 0.5) is 0 Å². The molecule has 4 rings (SSSR count). The van der Waals surface area contributed by atoms with Crippen molar-refractivity contribution in [1.82, 2.24) is 0 Å². The predicted molar refractivity (Wildman–Crippen MR) is 140 cm³/mol. The summed E-state index contributed by atoms with van der Waals surface area (Å²) in [4.78, 5) is 0. The topological polar surface area (TPSA) is 0 Å². The molecule has 1 atom stereocenters. The third kappa shape index (κ3) is 6.03. The van der Waals surface area contributed by atoms with E-state index in [2.05, 4.69) is 80.6 Å². The SMILES string of the molecule is C/C=C/CCc1ccc(-c2ccc3c(c2)CCC(C2CCC(CC/C=C/C)CC2)C3)cc1. The lowest BCUT2D eigenvalue weighted by molar-refractivity contribution is 0.185. The molecule has 1 fully saturated rings. The normalized spacial score (nSPS) is 23.6. The van der Waals surface area contributed by atoms with Crippen molar-refractivity contribution in [3.63, 3.8) is 0 Å². The summed E-state index contributed by atoms with van der Waals surface area (Å²) < 4.78 is 0. The third-order valence-corrected chi connectivity index (χ3v) is 8.13. The van der Waals surface area contributed by atoms with E-state index in [4.69, 9.17) is 0 Å². The van der Waals surface area contributed by atoms with Gasteiger partial charge in [-0.2, -0.15) is 0 Å². The molecule has 32 heavy (non-hydrogen) atoms. The van der Waals surface area contributed by atoms with Gasteiger partial charge in [-0.1, -0.05) is 79.6 Å². The molecule has 2 aromatic rings. The monoisotopic (exact) mass is 426 g/mol. The van der Waals surface area contributed by atoms with Crippen molar-refractivity contribution in [2.45, 2.75) is 84.5 Å². The minimum Gasteiger partial charge on any atom is -0.0917 e. The van der Waals surface area contributed by atoms with Crippen molar-refractivity contribution in [3.8, 4) is 11.1 Å². The molecule has 1 unspecified atom stereocenters. The van der Waals surface area contributed by atoms with Crippen molar-refractivity contribution in [1.29, 1.82) is 0 Å². The van der Waals surface area contributed by atoms with E-state index >= 15 is 0 Å². The van der Waals surface area contributed by atoms with Gasteiger partial charge < -0.3 is 0 Å². The van der Waals surface area contributed by atoms with Gasteiger partial charge in [-0.25, -0.2) is 0 Å². The molecular formula is C32H42. The number of hydrogen-bond acceptors (Lipinski definition) is 0. The Morgan fingerprint density at radius 3 is 2.19 bits per heavy atom. The summed E-state index contributed by atoms with van der Waals surface area (Å²) >= 11 is 0. The Balaban J connectivity index is 1.33. The Kier molecular flexibility index (Phi) is 8.43. The van der Waals surface area contributed by atoms with Crippen LogP contribution in [-0.4, -0.2) is 0 Å². The van der Waals surface area contributed by atoms with Gasteiger partial charge in [0.15, 0.2) is 0 Å². The highest BCUT2D eigenvalue weighted by atomic mass is 14.3. The summed E-state index contributed by atoms with van der Waals surface area (Å²) in [6.45, 7) is 4.24. The Bertz CT molecular complexity index is 890. The van der Waals surface area contributed by atoms with Crippen LogP contribution in [0.2, 0.25) is 0 Å². The van der Waals surface area contributed by atoms with Crippen molar-refractivity contribution in [2.75, 3.05) is 0 Å². The van der Waals surface area contributed by atoms with E-state index in [0.29, 0.717) is 0 Å². The quantitative estimate of drug-likeness (QED) is 0.369. The molecule has 0 amide bonds. The van der Waals surface area contributed by atoms with Crippen LogP contribution < -0.4 is 0 Å². The number of fused-ring (bicyclic) bond motifs is 1. The number of rotatable bonds is 8. The van der Waals surface area contributed by atoms with Crippen molar-refractivity contribution >= 4 is 0 Å². The average molecular weight is 427 g/mol. The molecule has 0 heteroatoms. The summed E-state index contributed by atoms with van der Waals surface area (Å²) in [5.74, 6) is 2.87. The zero-order valence-electron chi connectivity index (χ0n) is 20.4. The molecule has 0 radical (unpaired) electrons. The second-order valence-corrected chi connectivity index (χ2v) is 10.2. The van der Waals surface area contributed by atoms with Crippen LogP contribution in [0.15, 0.2) is 66.8 Å². The zero-order valence-corrected chi connectivity index (χ0v) is 20.4. The van der Waals surface area contributed by atoms with Gasteiger partial charge in [0.1, 0.15) is 0 Å². The molecule has 170 valence electrons. The molecule has 2 aromatic carbocycles. The number of allylic oxidation sites excluding steroid dienone is 4. The highest BCUT2D eigenvalue weighted by molar-refractivity contribution is 5.65. The molecule has 0 aliphatic heterocycles. The van der Waals surface area contributed by atoms with Crippen LogP contribution in [0.1, 0.15) is 81.9 Å². The van der Waals surface area contributed by atoms with E-state index in [0.717, 1.165) is 30.6 Å². The maximum Gasteiger partial charge on any atom is -0.0181 e. The molecule has 0 nitrogen and oxygen atoms in total. The lowest BCUT2D eigenvalue weighted by Gasteiger charge is -2.36. The molecule has 2 aliphatic carbocycles. The predicted octanol–water partition coefficient (Wildman–Crippen LogP) is 9.13. The number of hydrogen-bond donors (Lipinski definition) is 0. The van der Waals surface area contributed by atoms with Crippen molar-refractivity contribution in [3.05, 3.63) is 83.5 Å². The van der Waals surface area contributed by atoms with E-state index < -0.39 is 0 Å². The summed E-state index contributed by atoms with van der Waals surface area (Å²) in [7, 11) is 0. The Morgan fingerprint density at radius 1 is 0.719 bits per heavy atom. The Hall–Kier alpha value is -2.08. The van der Waals surface area contributed by atoms with Gasteiger partial charge >= 0.3 is 0 Å². The van der Waals surface area contributed by atoms with E-state index in [9.17, 15) is 0 Å². The molecule has 0 spiro atoms. The maximum atomic E-state index is 2.48. The van der Waals surface area contributed by atoms with Crippen LogP contribution in [0.5, 0.6) is 0 Å². The maximum absolute atomic E-state index is 2.48. The summed E-state index contributed by atoms with van der Waals surface area (Å²) in [5.41, 5.74) is 7.42. The lowest BCUT2D eigenvalue weighted by atomic mass is 9.69. The second kappa shape index (κ2) is 11.7. The highest BCUT2D eigenvalue weighted by Gasteiger charge is 2.30. The standard InChI is InChI=1S/C32H42/c1-3-5-7-9-25-11-15-27(16-12-25)29-19-21-32-24-30(20-22-31(32)23-29)28-17-13-26(14-18-28)10-8-6-4-2/h3-6,11-12,15-16,19,21,23,26,28,30H,7-10,13-14,17-18,20,22,24H2,1-2H3/b5-3+,6-4+. The van der Waals surface area contributed by atoms with Crippen molar-refractivity contribution in [2.24, 2.45) is 17.8 Å². The van der Waals surface area contributed by atoms with Crippen LogP contribution in [-0.2, 0) is 19.3 Å². The fourth-order valence-corrected chi connectivity index (χ4v) is 6.09. The largest absolute Gasteiger partial charge is 0.0917 e. The van der Waals surface area contributed by atoms with E-state index in [1.165, 1.54) is 74.5 Å². The molecule has 2 aliphatic rings. The molecular weight excluding hydrogens is 384 g/mol. The first-order chi connectivity index (χ1) is 15.8. The van der Waals surface area contributed by atoms with Gasteiger partial charge in [-0.3, -0.25) is 0 Å². The first-order valence-electron chi connectivity index (χ1n) is 13.2. The fraction of sp³-hybridized carbons (Fsp3) is 0.500. The molecule has 0 saturated heterocycles. The lowest BCUT2D eigenvalue weighted by Crippen LogP contribution is -2.26. The smallest absolute Gasteiger partial charge is 0.0181 e. The minimum absolute atomic E-state index is 0.918. The minimum atomic E-state index is 0.918. The third-order valence-electron chi connectivity index (χ3n) is 8.13. The number of aryl methyl sites for hydroxylation is 2. The van der Waals surface area contributed by atoms with Crippen LogP contribution in [0, 0.1) is 17.8 Å². The average Bonchev–Trinajstić information content (AvgIpc) is 2.85. The van der Waals surface area contributed by atoms with Gasteiger partial charge in [-0.05, 0) is 117 Å². The van der Waals surface area contributed by atoms with Gasteiger partial charge in [0.05, 0.1) is 0 Å². The first-order valence-corrected chi connectivity index (χ1v) is 13.2. The van der Waals surface area contributed by atoms with E-state index in [1.54, 1.807) is 11.1 Å². The summed E-state index contributed by atoms with van der Waals surface area (Å²) in [6.07, 6.45) is 23.8. The second-order valence-electron chi connectivity index (χ2n) is 10.2. The van der Waals surface area contributed by atoms with Gasteiger partial charge in [-0.15, -0.1) is 0 Å². The molecule has 0 bridgehead atoms. The van der Waals surface area contributed by atoms with Gasteiger partial charge in [0, 0.05) is 0 Å². The molecule has 1 saturated carbocycles. The Labute approximate surface area is 196 Å².